The second-order valence-electron chi connectivity index (χ2n) is 9.95. The average molecular weight is 518 g/mol. The zero-order valence-corrected chi connectivity index (χ0v) is 21.5. The number of nitrogens with zero attached hydrogens (tertiary/aromatic N) is 1. The summed E-state index contributed by atoms with van der Waals surface area (Å²) in [6.45, 7) is 1.04. The van der Waals surface area contributed by atoms with Crippen molar-refractivity contribution < 1.29 is 23.0 Å². The summed E-state index contributed by atoms with van der Waals surface area (Å²) < 4.78 is 37.9. The number of anilines is 1. The number of methoxy groups -OCH3 is 2. The molecule has 2 aliphatic heterocycles. The van der Waals surface area contributed by atoms with Gasteiger partial charge in [-0.1, -0.05) is 6.07 Å². The number of benzene rings is 2. The van der Waals surface area contributed by atoms with Crippen LogP contribution in [0.2, 0.25) is 0 Å². The van der Waals surface area contributed by atoms with Crippen molar-refractivity contribution >= 4 is 23.5 Å². The molecule has 0 bridgehead atoms. The van der Waals surface area contributed by atoms with Gasteiger partial charge in [-0.15, -0.1) is 0 Å². The van der Waals surface area contributed by atoms with Crippen LogP contribution in [0.25, 0.3) is 0 Å². The van der Waals surface area contributed by atoms with Crippen LogP contribution in [-0.4, -0.2) is 61.3 Å². The van der Waals surface area contributed by atoms with Gasteiger partial charge in [-0.05, 0) is 74.2 Å². The largest absolute Gasteiger partial charge is 0.493 e. The van der Waals surface area contributed by atoms with E-state index >= 15 is 0 Å². The third-order valence-electron chi connectivity index (χ3n) is 8.15. The molecule has 0 spiro atoms. The van der Waals surface area contributed by atoms with Crippen LogP contribution in [0.4, 0.5) is 19.3 Å². The van der Waals surface area contributed by atoms with Crippen molar-refractivity contribution in [1.29, 1.82) is 0 Å². The predicted octanol–water partition coefficient (Wildman–Crippen LogP) is 5.17. The van der Waals surface area contributed by atoms with E-state index in [0.29, 0.717) is 12.1 Å². The molecule has 1 unspecified atom stereocenters. The highest BCUT2D eigenvalue weighted by Crippen LogP contribution is 2.51. The number of carbonyl (C=O) groups is 1. The minimum Gasteiger partial charge on any atom is -0.493 e. The van der Waals surface area contributed by atoms with Crippen molar-refractivity contribution in [3.63, 3.8) is 0 Å². The summed E-state index contributed by atoms with van der Waals surface area (Å²) in [5.74, 6) is 1.87. The molecule has 4 atom stereocenters. The Kier molecular flexibility index (Phi) is 7.30. The number of hydrogen-bond acceptors (Lipinski definition) is 5. The molecular weight excluding hydrogens is 484 g/mol. The first-order valence-corrected chi connectivity index (χ1v) is 13.7. The SMILES string of the molecule is COc1ccc([C@@]23CC[C@@H](NC(=O)Nc4ccc(F)c(F)c4)C[C@@H]2N(C2CCSC2)CC3)cc1OC. The van der Waals surface area contributed by atoms with Crippen LogP contribution in [0.1, 0.15) is 37.7 Å². The van der Waals surface area contributed by atoms with E-state index < -0.39 is 17.7 Å². The van der Waals surface area contributed by atoms with Crippen molar-refractivity contribution in [2.45, 2.75) is 55.6 Å². The molecule has 36 heavy (non-hydrogen) atoms. The molecule has 2 amide bonds. The second-order valence-corrected chi connectivity index (χ2v) is 11.1. The molecular formula is C27H33F2N3O3S. The third-order valence-corrected chi connectivity index (χ3v) is 9.29. The standard InChI is InChI=1S/C27H33F2N3O3S/c1-34-23-6-3-17(13-24(23)35-2)27-9-7-19(15-25(27)32(11-10-27)20-8-12-36-16-20)31-26(33)30-18-4-5-21(28)22(29)14-18/h3-6,13-14,19-20,25H,7-12,15-16H2,1-2H3,(H2,30,31,33)/t19-,20?,25+,27+/m1/s1. The van der Waals surface area contributed by atoms with Crippen LogP contribution >= 0.6 is 11.8 Å². The van der Waals surface area contributed by atoms with Crippen LogP contribution in [0.3, 0.4) is 0 Å². The maximum atomic E-state index is 13.6. The summed E-state index contributed by atoms with van der Waals surface area (Å²) in [7, 11) is 3.32. The van der Waals surface area contributed by atoms with Crippen molar-refractivity contribution in [2.75, 3.05) is 37.6 Å². The lowest BCUT2D eigenvalue weighted by Crippen LogP contribution is -2.54. The van der Waals surface area contributed by atoms with E-state index in [1.807, 2.05) is 17.8 Å². The van der Waals surface area contributed by atoms with E-state index in [1.165, 1.54) is 23.8 Å². The summed E-state index contributed by atoms with van der Waals surface area (Å²) in [5, 5.41) is 5.74. The summed E-state index contributed by atoms with van der Waals surface area (Å²) in [4.78, 5) is 15.4. The fraction of sp³-hybridized carbons (Fsp3) is 0.519. The summed E-state index contributed by atoms with van der Waals surface area (Å²) in [6.07, 6.45) is 4.88. The molecule has 194 valence electrons. The molecule has 2 aromatic rings. The maximum absolute atomic E-state index is 13.6. The molecule has 2 saturated heterocycles. The molecule has 2 aromatic carbocycles. The number of thioether (sulfide) groups is 1. The van der Waals surface area contributed by atoms with E-state index in [2.05, 4.69) is 27.7 Å². The van der Waals surface area contributed by atoms with E-state index in [-0.39, 0.29) is 17.1 Å². The highest BCUT2D eigenvalue weighted by atomic mass is 32.2. The molecule has 1 aliphatic carbocycles. The fourth-order valence-electron chi connectivity index (χ4n) is 6.35. The van der Waals surface area contributed by atoms with E-state index in [0.717, 1.165) is 61.6 Å². The molecule has 1 saturated carbocycles. The number of amides is 2. The van der Waals surface area contributed by atoms with Gasteiger partial charge < -0.3 is 20.1 Å². The zero-order chi connectivity index (χ0) is 25.3. The zero-order valence-electron chi connectivity index (χ0n) is 20.7. The second kappa shape index (κ2) is 10.5. The molecule has 9 heteroatoms. The number of urea groups is 1. The number of rotatable bonds is 6. The molecule has 3 fully saturated rings. The molecule has 5 rings (SSSR count). The monoisotopic (exact) mass is 517 g/mol. The Labute approximate surface area is 215 Å². The molecule has 6 nitrogen and oxygen atoms in total. The van der Waals surface area contributed by atoms with E-state index in [9.17, 15) is 13.6 Å². The van der Waals surface area contributed by atoms with Gasteiger partial charge in [0.15, 0.2) is 23.1 Å². The van der Waals surface area contributed by atoms with Crippen molar-refractivity contribution in [3.8, 4) is 11.5 Å². The van der Waals surface area contributed by atoms with Gasteiger partial charge in [0.1, 0.15) is 0 Å². The third kappa shape index (κ3) is 4.75. The van der Waals surface area contributed by atoms with Crippen LogP contribution in [0.15, 0.2) is 36.4 Å². The van der Waals surface area contributed by atoms with Gasteiger partial charge in [0.05, 0.1) is 14.2 Å². The van der Waals surface area contributed by atoms with E-state index in [1.54, 1.807) is 14.2 Å². The lowest BCUT2D eigenvalue weighted by Gasteiger charge is -2.46. The van der Waals surface area contributed by atoms with Crippen molar-refractivity contribution in [1.82, 2.24) is 10.2 Å². The Hall–Kier alpha value is -2.52. The molecule has 0 aromatic heterocycles. The van der Waals surface area contributed by atoms with Gasteiger partial charge in [0, 0.05) is 41.0 Å². The Bertz CT molecular complexity index is 1110. The minimum atomic E-state index is -0.985. The smallest absolute Gasteiger partial charge is 0.319 e. The summed E-state index contributed by atoms with van der Waals surface area (Å²) >= 11 is 2.01. The Balaban J connectivity index is 1.36. The molecule has 3 aliphatic rings. The number of ether oxygens (including phenoxy) is 2. The highest BCUT2D eigenvalue weighted by Gasteiger charge is 2.53. The number of hydrogen-bond donors (Lipinski definition) is 2. The lowest BCUT2D eigenvalue weighted by molar-refractivity contribution is 0.109. The minimum absolute atomic E-state index is 0.0109. The number of fused-ring (bicyclic) bond motifs is 1. The van der Waals surface area contributed by atoms with E-state index in [4.69, 9.17) is 9.47 Å². The van der Waals surface area contributed by atoms with Crippen molar-refractivity contribution in [3.05, 3.63) is 53.6 Å². The number of likely N-dealkylation sites (tertiary alicyclic amines) is 1. The summed E-state index contributed by atoms with van der Waals surface area (Å²) in [5.41, 5.74) is 1.48. The Morgan fingerprint density at radius 3 is 2.61 bits per heavy atom. The average Bonchev–Trinajstić information content (AvgIpc) is 3.54. The first kappa shape index (κ1) is 25.1. The van der Waals surface area contributed by atoms with Gasteiger partial charge in [-0.3, -0.25) is 4.90 Å². The number of nitrogens with one attached hydrogen (secondary N) is 2. The number of carbonyl (C=O) groups excluding carboxylic acids is 1. The van der Waals surface area contributed by atoms with Crippen molar-refractivity contribution in [2.24, 2.45) is 0 Å². The van der Waals surface area contributed by atoms with Gasteiger partial charge in [-0.2, -0.15) is 11.8 Å². The Morgan fingerprint density at radius 1 is 1.06 bits per heavy atom. The highest BCUT2D eigenvalue weighted by molar-refractivity contribution is 7.99. The molecule has 2 N–H and O–H groups in total. The first-order chi connectivity index (χ1) is 17.4. The molecule has 2 heterocycles. The fourth-order valence-corrected chi connectivity index (χ4v) is 7.58. The first-order valence-electron chi connectivity index (χ1n) is 12.5. The summed E-state index contributed by atoms with van der Waals surface area (Å²) in [6, 6.07) is 10.1. The van der Waals surface area contributed by atoms with Crippen LogP contribution in [0.5, 0.6) is 11.5 Å². The number of halogens is 2. The Morgan fingerprint density at radius 2 is 1.89 bits per heavy atom. The van der Waals surface area contributed by atoms with Crippen LogP contribution in [0, 0.1) is 11.6 Å². The van der Waals surface area contributed by atoms with Crippen LogP contribution < -0.4 is 20.1 Å². The normalized spacial score (nSPS) is 27.9. The van der Waals surface area contributed by atoms with Gasteiger partial charge >= 0.3 is 6.03 Å². The maximum Gasteiger partial charge on any atom is 0.319 e. The topological polar surface area (TPSA) is 62.8 Å². The van der Waals surface area contributed by atoms with Gasteiger partial charge in [-0.25, -0.2) is 13.6 Å². The van der Waals surface area contributed by atoms with Gasteiger partial charge in [0.25, 0.3) is 0 Å². The molecule has 0 radical (unpaired) electrons. The van der Waals surface area contributed by atoms with Crippen LogP contribution in [-0.2, 0) is 5.41 Å². The lowest BCUT2D eigenvalue weighted by atomic mass is 9.65. The predicted molar refractivity (Wildman–Crippen MR) is 138 cm³/mol. The van der Waals surface area contributed by atoms with Gasteiger partial charge in [0.2, 0.25) is 0 Å². The quantitative estimate of drug-likeness (QED) is 0.553.